The molecule has 3 heteroatoms. The highest BCUT2D eigenvalue weighted by molar-refractivity contribution is 5.63. The first-order valence-corrected chi connectivity index (χ1v) is 4.82. The molecule has 0 amide bonds. The summed E-state index contributed by atoms with van der Waals surface area (Å²) in [5.74, 6) is 0.917. The maximum Gasteiger partial charge on any atom is 0.145 e. The molecule has 3 nitrogen and oxygen atoms in total. The average Bonchev–Trinajstić information content (AvgIpc) is 2.16. The van der Waals surface area contributed by atoms with Gasteiger partial charge in [0, 0.05) is 0 Å². The number of nitrogens with one attached hydrogen (secondary N) is 1. The van der Waals surface area contributed by atoms with Crippen molar-refractivity contribution in [2.24, 2.45) is 0 Å². The van der Waals surface area contributed by atoms with Crippen molar-refractivity contribution in [1.29, 1.82) is 0 Å². The van der Waals surface area contributed by atoms with E-state index in [0.29, 0.717) is 6.61 Å². The van der Waals surface area contributed by atoms with E-state index in [1.807, 2.05) is 13.0 Å². The van der Waals surface area contributed by atoms with Crippen LogP contribution in [-0.2, 0) is 0 Å². The number of hydrogen-bond donors (Lipinski definition) is 2. The molecule has 0 aromatic heterocycles. The predicted molar refractivity (Wildman–Crippen MR) is 55.9 cm³/mol. The van der Waals surface area contributed by atoms with Crippen molar-refractivity contribution in [3.63, 3.8) is 0 Å². The number of hydrogen-bond acceptors (Lipinski definition) is 3. The molecular formula is C11H15NO2. The summed E-state index contributed by atoms with van der Waals surface area (Å²) in [6.07, 6.45) is 0. The van der Waals surface area contributed by atoms with Gasteiger partial charge in [-0.25, -0.2) is 0 Å². The highest BCUT2D eigenvalue weighted by atomic mass is 16.5. The van der Waals surface area contributed by atoms with E-state index in [-0.39, 0.29) is 12.6 Å². The standard InChI is InChI=1S/C11H15NO2/c1-7-3-8(2)11-10(4-7)12-9(5-13)6-14-11/h3-4,9,12-13H,5-6H2,1-2H3. The van der Waals surface area contributed by atoms with E-state index < -0.39 is 0 Å². The number of fused-ring (bicyclic) bond motifs is 1. The monoisotopic (exact) mass is 193 g/mol. The second-order valence-electron chi connectivity index (χ2n) is 3.79. The first-order valence-electron chi connectivity index (χ1n) is 4.82. The quantitative estimate of drug-likeness (QED) is 0.709. The molecule has 1 heterocycles. The summed E-state index contributed by atoms with van der Waals surface area (Å²) >= 11 is 0. The van der Waals surface area contributed by atoms with E-state index in [4.69, 9.17) is 9.84 Å². The maximum atomic E-state index is 9.01. The van der Waals surface area contributed by atoms with Gasteiger partial charge in [0.2, 0.25) is 0 Å². The van der Waals surface area contributed by atoms with Crippen LogP contribution in [0.4, 0.5) is 5.69 Å². The molecule has 0 spiro atoms. The summed E-state index contributed by atoms with van der Waals surface area (Å²) in [6.45, 7) is 4.73. The van der Waals surface area contributed by atoms with E-state index in [2.05, 4.69) is 18.3 Å². The molecule has 0 saturated carbocycles. The van der Waals surface area contributed by atoms with Gasteiger partial charge in [-0.1, -0.05) is 6.07 Å². The van der Waals surface area contributed by atoms with Crippen molar-refractivity contribution in [3.8, 4) is 5.75 Å². The lowest BCUT2D eigenvalue weighted by atomic mass is 10.1. The second kappa shape index (κ2) is 3.50. The minimum absolute atomic E-state index is 0.0173. The van der Waals surface area contributed by atoms with E-state index in [9.17, 15) is 0 Å². The molecule has 1 aromatic rings. The maximum absolute atomic E-state index is 9.01. The number of anilines is 1. The summed E-state index contributed by atoms with van der Waals surface area (Å²) in [6, 6.07) is 4.16. The SMILES string of the molecule is Cc1cc(C)c2c(c1)NC(CO)CO2. The molecule has 1 aromatic carbocycles. The lowest BCUT2D eigenvalue weighted by molar-refractivity contribution is 0.207. The summed E-state index contributed by atoms with van der Waals surface area (Å²) < 4.78 is 5.59. The zero-order valence-electron chi connectivity index (χ0n) is 8.50. The zero-order valence-corrected chi connectivity index (χ0v) is 8.50. The second-order valence-corrected chi connectivity index (χ2v) is 3.79. The van der Waals surface area contributed by atoms with Crippen molar-refractivity contribution < 1.29 is 9.84 Å². The van der Waals surface area contributed by atoms with Gasteiger partial charge in [-0.15, -0.1) is 0 Å². The lowest BCUT2D eigenvalue weighted by Crippen LogP contribution is -2.34. The Morgan fingerprint density at radius 2 is 2.29 bits per heavy atom. The van der Waals surface area contributed by atoms with Crippen LogP contribution in [0.2, 0.25) is 0 Å². The minimum atomic E-state index is 0.0173. The van der Waals surface area contributed by atoms with E-state index >= 15 is 0 Å². The third-order valence-corrected chi connectivity index (χ3v) is 2.43. The highest BCUT2D eigenvalue weighted by Gasteiger charge is 2.19. The number of aryl methyl sites for hydroxylation is 2. The molecule has 14 heavy (non-hydrogen) atoms. The van der Waals surface area contributed by atoms with Gasteiger partial charge in [0.1, 0.15) is 12.4 Å². The predicted octanol–water partition coefficient (Wildman–Crippen LogP) is 1.47. The van der Waals surface area contributed by atoms with Crippen LogP contribution < -0.4 is 10.1 Å². The van der Waals surface area contributed by atoms with Gasteiger partial charge in [-0.2, -0.15) is 0 Å². The Morgan fingerprint density at radius 1 is 1.50 bits per heavy atom. The number of rotatable bonds is 1. The average molecular weight is 193 g/mol. The molecular weight excluding hydrogens is 178 g/mol. The molecule has 0 saturated heterocycles. The number of aliphatic hydroxyl groups is 1. The molecule has 0 fully saturated rings. The van der Waals surface area contributed by atoms with E-state index in [0.717, 1.165) is 17.0 Å². The first kappa shape index (κ1) is 9.34. The van der Waals surface area contributed by atoms with Crippen LogP contribution in [0.1, 0.15) is 11.1 Å². The smallest absolute Gasteiger partial charge is 0.145 e. The Morgan fingerprint density at radius 3 is 3.00 bits per heavy atom. The van der Waals surface area contributed by atoms with E-state index in [1.165, 1.54) is 5.56 Å². The molecule has 0 bridgehead atoms. The summed E-state index contributed by atoms with van der Waals surface area (Å²) in [7, 11) is 0. The Labute approximate surface area is 83.7 Å². The van der Waals surface area contributed by atoms with Crippen LogP contribution in [0.3, 0.4) is 0 Å². The van der Waals surface area contributed by atoms with Gasteiger partial charge >= 0.3 is 0 Å². The van der Waals surface area contributed by atoms with Gasteiger partial charge in [-0.05, 0) is 31.0 Å². The fraction of sp³-hybridized carbons (Fsp3) is 0.455. The topological polar surface area (TPSA) is 41.5 Å². The van der Waals surface area contributed by atoms with Crippen LogP contribution in [0.25, 0.3) is 0 Å². The minimum Gasteiger partial charge on any atom is -0.489 e. The van der Waals surface area contributed by atoms with Gasteiger partial charge in [0.05, 0.1) is 18.3 Å². The molecule has 0 aliphatic carbocycles. The fourth-order valence-electron chi connectivity index (χ4n) is 1.80. The van der Waals surface area contributed by atoms with Crippen LogP contribution in [0, 0.1) is 13.8 Å². The van der Waals surface area contributed by atoms with Gasteiger partial charge < -0.3 is 15.2 Å². The van der Waals surface area contributed by atoms with Crippen LogP contribution in [0.5, 0.6) is 5.75 Å². The molecule has 2 rings (SSSR count). The summed E-state index contributed by atoms with van der Waals surface area (Å²) in [5, 5.41) is 12.3. The van der Waals surface area contributed by atoms with Gasteiger partial charge in [0.25, 0.3) is 0 Å². The number of ether oxygens (including phenoxy) is 1. The largest absolute Gasteiger partial charge is 0.489 e. The van der Waals surface area contributed by atoms with Gasteiger partial charge in [-0.3, -0.25) is 0 Å². The summed E-state index contributed by atoms with van der Waals surface area (Å²) in [4.78, 5) is 0. The third-order valence-electron chi connectivity index (χ3n) is 2.43. The fourth-order valence-corrected chi connectivity index (χ4v) is 1.80. The molecule has 76 valence electrons. The van der Waals surface area contributed by atoms with Crippen molar-refractivity contribution in [3.05, 3.63) is 23.3 Å². The van der Waals surface area contributed by atoms with Crippen LogP contribution in [-0.4, -0.2) is 24.4 Å². The van der Waals surface area contributed by atoms with Crippen LogP contribution >= 0.6 is 0 Å². The van der Waals surface area contributed by atoms with Gasteiger partial charge in [0.15, 0.2) is 0 Å². The molecule has 0 radical (unpaired) electrons. The van der Waals surface area contributed by atoms with Crippen molar-refractivity contribution in [1.82, 2.24) is 0 Å². The molecule has 1 unspecified atom stereocenters. The molecule has 1 aliphatic rings. The highest BCUT2D eigenvalue weighted by Crippen LogP contribution is 2.33. The Kier molecular flexibility index (Phi) is 2.33. The first-order chi connectivity index (χ1) is 6.70. The summed E-state index contributed by atoms with van der Waals surface area (Å²) in [5.41, 5.74) is 3.34. The normalized spacial score (nSPS) is 19.5. The molecule has 1 atom stereocenters. The van der Waals surface area contributed by atoms with E-state index in [1.54, 1.807) is 0 Å². The van der Waals surface area contributed by atoms with Crippen LogP contribution in [0.15, 0.2) is 12.1 Å². The lowest BCUT2D eigenvalue weighted by Gasteiger charge is -2.27. The number of benzene rings is 1. The third kappa shape index (κ3) is 1.55. The molecule has 1 aliphatic heterocycles. The Balaban J connectivity index is 2.37. The van der Waals surface area contributed by atoms with Crippen molar-refractivity contribution in [2.45, 2.75) is 19.9 Å². The number of aliphatic hydroxyl groups excluding tert-OH is 1. The zero-order chi connectivity index (χ0) is 10.1. The van der Waals surface area contributed by atoms with Crippen molar-refractivity contribution in [2.75, 3.05) is 18.5 Å². The Hall–Kier alpha value is -1.22. The molecule has 2 N–H and O–H groups in total. The van der Waals surface area contributed by atoms with Crippen molar-refractivity contribution >= 4 is 5.69 Å². The Bertz CT molecular complexity index is 349.